The highest BCUT2D eigenvalue weighted by Gasteiger charge is 2.25. The Morgan fingerprint density at radius 3 is 2.45 bits per heavy atom. The van der Waals surface area contributed by atoms with Gasteiger partial charge in [-0.3, -0.25) is 9.78 Å². The lowest BCUT2D eigenvalue weighted by Crippen LogP contribution is -2.49. The zero-order valence-electron chi connectivity index (χ0n) is 18.0. The second kappa shape index (κ2) is 8.49. The van der Waals surface area contributed by atoms with Gasteiger partial charge in [0, 0.05) is 62.6 Å². The summed E-state index contributed by atoms with van der Waals surface area (Å²) in [7, 11) is 0. The minimum absolute atomic E-state index is 0.00400. The van der Waals surface area contributed by atoms with Crippen molar-refractivity contribution in [3.05, 3.63) is 54.0 Å². The van der Waals surface area contributed by atoms with Crippen molar-refractivity contribution in [3.63, 3.8) is 0 Å². The zero-order valence-corrected chi connectivity index (χ0v) is 18.0. The van der Waals surface area contributed by atoms with Gasteiger partial charge in [-0.25, -0.2) is 4.98 Å². The number of piperidine rings is 1. The molecule has 0 N–H and O–H groups in total. The van der Waals surface area contributed by atoms with Crippen molar-refractivity contribution in [1.82, 2.24) is 19.9 Å². The highest BCUT2D eigenvalue weighted by atomic mass is 16.2. The Morgan fingerprint density at radius 2 is 1.65 bits per heavy atom. The third-order valence-electron chi connectivity index (χ3n) is 6.23. The Balaban J connectivity index is 1.30. The van der Waals surface area contributed by atoms with Crippen LogP contribution in [0.15, 0.2) is 42.6 Å². The van der Waals surface area contributed by atoms with Gasteiger partial charge in [0.05, 0.1) is 0 Å². The van der Waals surface area contributed by atoms with Crippen LogP contribution in [0.1, 0.15) is 35.4 Å². The molecule has 0 spiro atoms. The number of amides is 1. The Morgan fingerprint density at radius 1 is 0.871 bits per heavy atom. The van der Waals surface area contributed by atoms with E-state index in [-0.39, 0.29) is 5.91 Å². The molecule has 7 heteroatoms. The molecular formula is C24H28N6O. The summed E-state index contributed by atoms with van der Waals surface area (Å²) in [6, 6.07) is 11.9. The normalized spacial score (nSPS) is 17.3. The summed E-state index contributed by atoms with van der Waals surface area (Å²) >= 11 is 0. The third kappa shape index (κ3) is 4.04. The molecule has 5 rings (SSSR count). The Hall–Kier alpha value is -3.22. The summed E-state index contributed by atoms with van der Waals surface area (Å²) in [5.74, 6) is 1.81. The first-order chi connectivity index (χ1) is 15.2. The van der Waals surface area contributed by atoms with Crippen LogP contribution >= 0.6 is 0 Å². The van der Waals surface area contributed by atoms with Gasteiger partial charge in [0.2, 0.25) is 5.95 Å². The maximum absolute atomic E-state index is 13.2. The number of aromatic nitrogens is 3. The molecule has 0 atom stereocenters. The van der Waals surface area contributed by atoms with Gasteiger partial charge in [-0.15, -0.1) is 0 Å². The number of pyridine rings is 1. The first kappa shape index (κ1) is 19.7. The highest BCUT2D eigenvalue weighted by molar-refractivity contribution is 6.05. The quantitative estimate of drug-likeness (QED) is 0.653. The molecule has 0 aliphatic carbocycles. The van der Waals surface area contributed by atoms with Gasteiger partial charge in [-0.2, -0.15) is 4.98 Å². The van der Waals surface area contributed by atoms with Crippen molar-refractivity contribution in [1.29, 1.82) is 0 Å². The van der Waals surface area contributed by atoms with E-state index in [2.05, 4.69) is 25.8 Å². The monoisotopic (exact) mass is 416 g/mol. The number of benzene rings is 1. The fraction of sp³-hybridized carbons (Fsp3) is 0.417. The van der Waals surface area contributed by atoms with Crippen molar-refractivity contribution in [2.24, 2.45) is 0 Å². The average molecular weight is 417 g/mol. The van der Waals surface area contributed by atoms with Crippen LogP contribution < -0.4 is 9.80 Å². The molecule has 2 fully saturated rings. The summed E-state index contributed by atoms with van der Waals surface area (Å²) in [5, 5.41) is 1.95. The number of anilines is 2. The van der Waals surface area contributed by atoms with Gasteiger partial charge in [-0.05, 0) is 37.6 Å². The molecule has 1 amide bonds. The Kier molecular flexibility index (Phi) is 5.40. The van der Waals surface area contributed by atoms with E-state index in [0.29, 0.717) is 18.8 Å². The molecule has 7 nitrogen and oxygen atoms in total. The SMILES string of the molecule is Cc1cc(N2CCN(C(=O)c3nccc4ccccc34)CC2)nc(N2CCCCC2)n1. The summed E-state index contributed by atoms with van der Waals surface area (Å²) in [5.41, 5.74) is 1.53. The number of aryl methyl sites for hydroxylation is 1. The van der Waals surface area contributed by atoms with Gasteiger partial charge in [0.15, 0.2) is 0 Å². The number of carbonyl (C=O) groups is 1. The van der Waals surface area contributed by atoms with Crippen LogP contribution in [0.3, 0.4) is 0 Å². The minimum Gasteiger partial charge on any atom is -0.353 e. The maximum atomic E-state index is 13.2. The van der Waals surface area contributed by atoms with Crippen molar-refractivity contribution in [3.8, 4) is 0 Å². The third-order valence-corrected chi connectivity index (χ3v) is 6.23. The summed E-state index contributed by atoms with van der Waals surface area (Å²) in [6.45, 7) is 6.92. The first-order valence-electron chi connectivity index (χ1n) is 11.2. The molecule has 1 aromatic carbocycles. The van der Waals surface area contributed by atoms with Crippen LogP contribution in [-0.4, -0.2) is 65.0 Å². The van der Waals surface area contributed by atoms with Crippen LogP contribution in [0, 0.1) is 6.92 Å². The Labute approximate surface area is 182 Å². The number of fused-ring (bicyclic) bond motifs is 1. The molecule has 0 saturated carbocycles. The molecule has 0 unspecified atom stereocenters. The summed E-state index contributed by atoms with van der Waals surface area (Å²) < 4.78 is 0. The number of hydrogen-bond acceptors (Lipinski definition) is 6. The van der Waals surface area contributed by atoms with E-state index in [1.165, 1.54) is 19.3 Å². The van der Waals surface area contributed by atoms with Gasteiger partial charge in [0.25, 0.3) is 5.91 Å². The lowest BCUT2D eigenvalue weighted by molar-refractivity contribution is 0.0743. The highest BCUT2D eigenvalue weighted by Crippen LogP contribution is 2.23. The van der Waals surface area contributed by atoms with E-state index in [1.54, 1.807) is 6.20 Å². The van der Waals surface area contributed by atoms with E-state index in [0.717, 1.165) is 54.4 Å². The molecule has 160 valence electrons. The number of rotatable bonds is 3. The molecule has 0 radical (unpaired) electrons. The number of hydrogen-bond donors (Lipinski definition) is 0. The van der Waals surface area contributed by atoms with E-state index < -0.39 is 0 Å². The van der Waals surface area contributed by atoms with Gasteiger partial charge >= 0.3 is 0 Å². The second-order valence-electron chi connectivity index (χ2n) is 8.38. The predicted molar refractivity (Wildman–Crippen MR) is 123 cm³/mol. The fourth-order valence-electron chi connectivity index (χ4n) is 4.51. The first-order valence-corrected chi connectivity index (χ1v) is 11.2. The smallest absolute Gasteiger partial charge is 0.273 e. The molecule has 0 bridgehead atoms. The van der Waals surface area contributed by atoms with E-state index in [1.807, 2.05) is 42.2 Å². The molecule has 4 heterocycles. The minimum atomic E-state index is 0.00400. The number of nitrogens with zero attached hydrogens (tertiary/aromatic N) is 6. The van der Waals surface area contributed by atoms with Crippen molar-refractivity contribution < 1.29 is 4.79 Å². The standard InChI is InChI=1S/C24H28N6O/c1-18-17-21(27-24(26-18)30-11-5-2-6-12-30)28-13-15-29(16-14-28)23(31)22-20-8-4-3-7-19(20)9-10-25-22/h3-4,7-10,17H,2,5-6,11-16H2,1H3. The largest absolute Gasteiger partial charge is 0.353 e. The molecule has 2 aromatic heterocycles. The van der Waals surface area contributed by atoms with E-state index in [4.69, 9.17) is 4.98 Å². The zero-order chi connectivity index (χ0) is 21.2. The van der Waals surface area contributed by atoms with Crippen LogP contribution in [0.5, 0.6) is 0 Å². The fourth-order valence-corrected chi connectivity index (χ4v) is 4.51. The predicted octanol–water partition coefficient (Wildman–Crippen LogP) is 3.29. The molecular weight excluding hydrogens is 388 g/mol. The van der Waals surface area contributed by atoms with E-state index in [9.17, 15) is 4.79 Å². The lowest BCUT2D eigenvalue weighted by atomic mass is 10.1. The van der Waals surface area contributed by atoms with Gasteiger partial charge in [-0.1, -0.05) is 24.3 Å². The van der Waals surface area contributed by atoms with Gasteiger partial charge in [0.1, 0.15) is 11.5 Å². The summed E-state index contributed by atoms with van der Waals surface area (Å²) in [6.07, 6.45) is 5.42. The molecule has 2 aliphatic rings. The lowest BCUT2D eigenvalue weighted by Gasteiger charge is -2.36. The maximum Gasteiger partial charge on any atom is 0.273 e. The summed E-state index contributed by atoms with van der Waals surface area (Å²) in [4.78, 5) is 33.6. The number of carbonyl (C=O) groups excluding carboxylic acids is 1. The van der Waals surface area contributed by atoms with E-state index >= 15 is 0 Å². The van der Waals surface area contributed by atoms with Crippen molar-refractivity contribution in [2.45, 2.75) is 26.2 Å². The number of piperazine rings is 1. The Bertz CT molecular complexity index is 1080. The van der Waals surface area contributed by atoms with Crippen molar-refractivity contribution >= 4 is 28.4 Å². The second-order valence-corrected chi connectivity index (χ2v) is 8.38. The van der Waals surface area contributed by atoms with Crippen LogP contribution in [0.2, 0.25) is 0 Å². The molecule has 31 heavy (non-hydrogen) atoms. The van der Waals surface area contributed by atoms with Gasteiger partial charge < -0.3 is 14.7 Å². The average Bonchev–Trinajstić information content (AvgIpc) is 2.83. The molecule has 2 saturated heterocycles. The van der Waals surface area contributed by atoms with Crippen LogP contribution in [0.4, 0.5) is 11.8 Å². The van der Waals surface area contributed by atoms with Crippen LogP contribution in [-0.2, 0) is 0 Å². The van der Waals surface area contributed by atoms with Crippen molar-refractivity contribution in [2.75, 3.05) is 49.1 Å². The molecule has 2 aliphatic heterocycles. The molecule has 3 aromatic rings. The topological polar surface area (TPSA) is 65.5 Å². The van der Waals surface area contributed by atoms with Crippen LogP contribution in [0.25, 0.3) is 10.8 Å².